The molecule has 2 amide bonds. The van der Waals surface area contributed by atoms with Gasteiger partial charge in [0.05, 0.1) is 22.9 Å². The summed E-state index contributed by atoms with van der Waals surface area (Å²) in [7, 11) is -8.40. The molecule has 2 aromatic rings. The number of amides is 2. The Bertz CT molecular complexity index is 1420. The molecule has 3 heterocycles. The molecule has 16 heteroatoms. The Balaban J connectivity index is 1.76. The summed E-state index contributed by atoms with van der Waals surface area (Å²) in [6, 6.07) is 12.8. The van der Waals surface area contributed by atoms with Gasteiger partial charge in [-0.2, -0.15) is 55.7 Å². The second kappa shape index (κ2) is 19.3. The van der Waals surface area contributed by atoms with E-state index in [1.54, 1.807) is 81.1 Å². The maximum Gasteiger partial charge on any atom is 0.243 e. The Morgan fingerprint density at radius 2 is 0.750 bits per heavy atom. The van der Waals surface area contributed by atoms with Gasteiger partial charge >= 0.3 is 0 Å². The van der Waals surface area contributed by atoms with Crippen LogP contribution in [-0.4, -0.2) is 145 Å². The molecular formula is C32H46N4O6S6. The van der Waals surface area contributed by atoms with E-state index in [4.69, 9.17) is 0 Å². The van der Waals surface area contributed by atoms with Crippen molar-refractivity contribution in [3.63, 3.8) is 0 Å². The molecule has 0 atom stereocenters. The van der Waals surface area contributed by atoms with Gasteiger partial charge in [-0.1, -0.05) is 35.4 Å². The van der Waals surface area contributed by atoms with Crippen LogP contribution in [0.5, 0.6) is 0 Å². The minimum absolute atomic E-state index is 0.0213. The Kier molecular flexibility index (Phi) is 15.8. The number of sulfonamides is 2. The second-order valence-electron chi connectivity index (χ2n) is 11.5. The molecule has 0 radical (unpaired) electrons. The third-order valence-electron chi connectivity index (χ3n) is 8.01. The average Bonchev–Trinajstić information content (AvgIpc) is 3.05. The first-order valence-electron chi connectivity index (χ1n) is 16.0. The molecule has 266 valence electrons. The number of hydrogen-bond donors (Lipinski definition) is 0. The number of carbonyl (C=O) groups is 2. The lowest BCUT2D eigenvalue weighted by molar-refractivity contribution is -0.132. The van der Waals surface area contributed by atoms with Crippen molar-refractivity contribution < 1.29 is 26.4 Å². The summed E-state index contributed by atoms with van der Waals surface area (Å²) >= 11 is 7.04. The fourth-order valence-electron chi connectivity index (χ4n) is 5.08. The standard InChI is InChI=1S/C32H46N4O6S6/c1-27-3-7-29(8-4-27)47(39,40)35-11-12-36(48(41,42)30-9-5-28(2)6-10-30)26-32(38)34-15-19-45-23-21-43-17-13-33(31(37)25-35)14-18-44-22-24-46-20-16-34/h3-10H,11-26H2,1-2H3. The molecular weight excluding hydrogens is 729 g/mol. The van der Waals surface area contributed by atoms with Crippen LogP contribution in [0.25, 0.3) is 0 Å². The molecule has 3 aliphatic heterocycles. The van der Waals surface area contributed by atoms with Gasteiger partial charge < -0.3 is 9.80 Å². The van der Waals surface area contributed by atoms with Gasteiger partial charge in [0.15, 0.2) is 0 Å². The number of thioether (sulfide) groups is 4. The highest BCUT2D eigenvalue weighted by Gasteiger charge is 2.33. The van der Waals surface area contributed by atoms with Gasteiger partial charge in [-0.15, -0.1) is 0 Å². The SMILES string of the molecule is Cc1ccc(S(=O)(=O)N2CCN(S(=O)(=O)c3ccc(C)cc3)CC(=O)N3CCSCCSCCN(CCSCCSCC3)C(=O)C2)cc1. The summed E-state index contributed by atoms with van der Waals surface area (Å²) in [6.07, 6.45) is 0. The molecule has 0 spiro atoms. The number of carbonyl (C=O) groups excluding carboxylic acids is 2. The molecule has 0 aliphatic carbocycles. The van der Waals surface area contributed by atoms with Crippen LogP contribution in [0, 0.1) is 13.8 Å². The van der Waals surface area contributed by atoms with Crippen LogP contribution in [-0.2, 0) is 29.6 Å². The molecule has 2 bridgehead atoms. The summed E-state index contributed by atoms with van der Waals surface area (Å²) in [5.74, 6) is 5.82. The quantitative estimate of drug-likeness (QED) is 0.457. The Hall–Kier alpha value is -1.40. The molecule has 5 rings (SSSR count). The van der Waals surface area contributed by atoms with E-state index in [2.05, 4.69) is 0 Å². The van der Waals surface area contributed by atoms with Crippen molar-refractivity contribution in [1.29, 1.82) is 0 Å². The molecule has 0 aromatic heterocycles. The van der Waals surface area contributed by atoms with Crippen molar-refractivity contribution in [2.24, 2.45) is 0 Å². The largest absolute Gasteiger partial charge is 0.340 e. The van der Waals surface area contributed by atoms with Gasteiger partial charge in [0.1, 0.15) is 0 Å². The Labute approximate surface area is 303 Å². The second-order valence-corrected chi connectivity index (χ2v) is 20.3. The Morgan fingerprint density at radius 3 is 1.04 bits per heavy atom. The van der Waals surface area contributed by atoms with Gasteiger partial charge in [-0.25, -0.2) is 16.8 Å². The summed E-state index contributed by atoms with van der Waals surface area (Å²) in [5.41, 5.74) is 1.77. The minimum Gasteiger partial charge on any atom is -0.340 e. The maximum absolute atomic E-state index is 14.1. The highest BCUT2D eigenvalue weighted by atomic mass is 32.2. The minimum atomic E-state index is -4.20. The van der Waals surface area contributed by atoms with Crippen molar-refractivity contribution in [3.05, 3.63) is 59.7 Å². The fourth-order valence-corrected chi connectivity index (χ4v) is 11.9. The van der Waals surface area contributed by atoms with Crippen LogP contribution in [0.1, 0.15) is 11.1 Å². The zero-order valence-corrected chi connectivity index (χ0v) is 32.5. The topological polar surface area (TPSA) is 115 Å². The fraction of sp³-hybridized carbons (Fsp3) is 0.562. The molecule has 48 heavy (non-hydrogen) atoms. The van der Waals surface area contributed by atoms with Crippen molar-refractivity contribution in [3.8, 4) is 0 Å². The van der Waals surface area contributed by atoms with E-state index in [1.807, 2.05) is 13.8 Å². The van der Waals surface area contributed by atoms with Crippen LogP contribution in [0.4, 0.5) is 0 Å². The van der Waals surface area contributed by atoms with E-state index < -0.39 is 33.1 Å². The number of benzene rings is 2. The van der Waals surface area contributed by atoms with Gasteiger partial charge in [-0.05, 0) is 38.1 Å². The summed E-state index contributed by atoms with van der Waals surface area (Å²) in [6.45, 7) is 4.23. The van der Waals surface area contributed by atoms with E-state index in [9.17, 15) is 26.4 Å². The molecule has 3 fully saturated rings. The predicted octanol–water partition coefficient (Wildman–Crippen LogP) is 3.60. The van der Waals surface area contributed by atoms with Crippen molar-refractivity contribution >= 4 is 78.9 Å². The summed E-state index contributed by atoms with van der Waals surface area (Å²) in [4.78, 5) is 31.3. The van der Waals surface area contributed by atoms with Gasteiger partial charge in [-0.3, -0.25) is 9.59 Å². The van der Waals surface area contributed by atoms with Crippen LogP contribution in [0.15, 0.2) is 58.3 Å². The van der Waals surface area contributed by atoms with Crippen molar-refractivity contribution in [2.75, 3.05) is 98.4 Å². The first kappa shape index (κ1) is 39.4. The highest BCUT2D eigenvalue weighted by Crippen LogP contribution is 2.21. The number of fused-ring (bicyclic) bond motifs is 21. The smallest absolute Gasteiger partial charge is 0.243 e. The van der Waals surface area contributed by atoms with Gasteiger partial charge in [0.2, 0.25) is 31.9 Å². The Morgan fingerprint density at radius 1 is 0.458 bits per heavy atom. The van der Waals surface area contributed by atoms with E-state index in [0.717, 1.165) is 65.8 Å². The number of nitrogens with zero attached hydrogens (tertiary/aromatic N) is 4. The zero-order valence-electron chi connectivity index (χ0n) is 27.6. The van der Waals surface area contributed by atoms with Crippen LogP contribution in [0.3, 0.4) is 0 Å². The van der Waals surface area contributed by atoms with Crippen LogP contribution in [0.2, 0.25) is 0 Å². The monoisotopic (exact) mass is 774 g/mol. The normalized spacial score (nSPS) is 20.5. The van der Waals surface area contributed by atoms with Crippen LogP contribution >= 0.6 is 47.0 Å². The predicted molar refractivity (Wildman–Crippen MR) is 202 cm³/mol. The van der Waals surface area contributed by atoms with Crippen molar-refractivity contribution in [1.82, 2.24) is 18.4 Å². The van der Waals surface area contributed by atoms with Crippen LogP contribution < -0.4 is 0 Å². The zero-order chi connectivity index (χ0) is 34.6. The molecule has 10 nitrogen and oxygen atoms in total. The molecule has 3 aliphatic rings. The molecule has 0 unspecified atom stereocenters. The summed E-state index contributed by atoms with van der Waals surface area (Å²) < 4.78 is 58.6. The molecule has 0 N–H and O–H groups in total. The summed E-state index contributed by atoms with van der Waals surface area (Å²) in [5, 5.41) is 0. The number of aryl methyl sites for hydroxylation is 2. The van der Waals surface area contributed by atoms with Crippen molar-refractivity contribution in [2.45, 2.75) is 23.6 Å². The maximum atomic E-state index is 14.1. The van der Waals surface area contributed by atoms with Gasteiger partial charge in [0, 0.05) is 85.3 Å². The molecule has 3 saturated heterocycles. The first-order valence-corrected chi connectivity index (χ1v) is 23.5. The lowest BCUT2D eigenvalue weighted by atomic mass is 10.2. The lowest BCUT2D eigenvalue weighted by Gasteiger charge is -2.31. The van der Waals surface area contributed by atoms with E-state index in [-0.39, 0.29) is 34.7 Å². The van der Waals surface area contributed by atoms with Gasteiger partial charge in [0.25, 0.3) is 0 Å². The van der Waals surface area contributed by atoms with E-state index >= 15 is 0 Å². The third-order valence-corrected chi connectivity index (χ3v) is 16.1. The van der Waals surface area contributed by atoms with E-state index in [1.165, 1.54) is 24.3 Å². The number of hydrogen-bond acceptors (Lipinski definition) is 10. The lowest BCUT2D eigenvalue weighted by Crippen LogP contribution is -2.49. The third kappa shape index (κ3) is 11.6. The first-order chi connectivity index (χ1) is 23.0. The molecule has 0 saturated carbocycles. The average molecular weight is 775 g/mol. The highest BCUT2D eigenvalue weighted by molar-refractivity contribution is 8.03. The number of rotatable bonds is 4. The molecule has 2 aromatic carbocycles. The van der Waals surface area contributed by atoms with E-state index in [0.29, 0.717) is 26.2 Å².